The minimum Gasteiger partial charge on any atom is -0.444 e. The number of nitrogens with zero attached hydrogens (tertiary/aromatic N) is 6. The number of rotatable bonds is 4. The minimum absolute atomic E-state index is 0.347. The van der Waals surface area contributed by atoms with Crippen LogP contribution in [0.4, 0.5) is 32.3 Å². The molecule has 218 valence electrons. The fourth-order valence-corrected chi connectivity index (χ4v) is 5.71. The number of amides is 1. The summed E-state index contributed by atoms with van der Waals surface area (Å²) in [6.07, 6.45) is 3.37. The molecule has 1 N–H and O–H groups in total. The molecular formula is C30H30Cl2FN7O2. The molecule has 0 atom stereocenters. The molecule has 1 aromatic heterocycles. The van der Waals surface area contributed by atoms with Gasteiger partial charge in [0.1, 0.15) is 23.1 Å². The van der Waals surface area contributed by atoms with E-state index < -0.39 is 5.60 Å². The number of carbonyl (C=O) groups is 1. The first-order valence-corrected chi connectivity index (χ1v) is 14.5. The van der Waals surface area contributed by atoms with Crippen LogP contribution in [0.25, 0.3) is 11.6 Å². The van der Waals surface area contributed by atoms with Gasteiger partial charge < -0.3 is 24.8 Å². The highest BCUT2D eigenvalue weighted by Crippen LogP contribution is 2.38. The third kappa shape index (κ3) is 5.73. The van der Waals surface area contributed by atoms with E-state index in [4.69, 9.17) is 37.9 Å². The molecule has 0 saturated carbocycles. The average molecular weight is 611 g/mol. The molecule has 0 spiro atoms. The first-order valence-electron chi connectivity index (χ1n) is 13.7. The topological polar surface area (TPSA) is 86.2 Å². The van der Waals surface area contributed by atoms with Crippen LogP contribution in [0, 0.1) is 5.82 Å². The van der Waals surface area contributed by atoms with Crippen LogP contribution in [0.1, 0.15) is 31.9 Å². The number of nitrogens with one attached hydrogen (secondary N) is 1. The number of benzene rings is 2. The quantitative estimate of drug-likeness (QED) is 0.361. The predicted molar refractivity (Wildman–Crippen MR) is 166 cm³/mol. The molecule has 4 heterocycles. The number of carbonyl (C=O) groups excluding carboxylic acids is 1. The van der Waals surface area contributed by atoms with Crippen molar-refractivity contribution in [3.05, 3.63) is 69.6 Å². The molecule has 3 aliphatic rings. The third-order valence-corrected chi connectivity index (χ3v) is 7.68. The molecule has 2 aromatic carbocycles. The lowest BCUT2D eigenvalue weighted by atomic mass is 9.98. The first-order chi connectivity index (χ1) is 20.1. The van der Waals surface area contributed by atoms with E-state index in [9.17, 15) is 4.79 Å². The lowest BCUT2D eigenvalue weighted by Crippen LogP contribution is -2.50. The average Bonchev–Trinajstić information content (AvgIpc) is 3.43. The molecule has 6 rings (SSSR count). The Morgan fingerprint density at radius 3 is 2.55 bits per heavy atom. The second kappa shape index (κ2) is 11.1. The zero-order valence-corrected chi connectivity index (χ0v) is 25.0. The van der Waals surface area contributed by atoms with E-state index in [1.165, 1.54) is 6.07 Å². The van der Waals surface area contributed by atoms with Crippen molar-refractivity contribution in [3.63, 3.8) is 0 Å². The molecule has 3 aromatic rings. The Morgan fingerprint density at radius 1 is 1.05 bits per heavy atom. The van der Waals surface area contributed by atoms with Crippen molar-refractivity contribution in [1.82, 2.24) is 14.9 Å². The van der Waals surface area contributed by atoms with E-state index in [2.05, 4.69) is 10.3 Å². The normalized spacial score (nSPS) is 16.5. The molecule has 0 aliphatic carbocycles. The van der Waals surface area contributed by atoms with Gasteiger partial charge in [-0.1, -0.05) is 29.3 Å². The van der Waals surface area contributed by atoms with Gasteiger partial charge in [-0.2, -0.15) is 4.98 Å². The number of halogens is 3. The summed E-state index contributed by atoms with van der Waals surface area (Å²) in [4.78, 5) is 31.9. The maximum Gasteiger partial charge on any atom is 0.410 e. The Kier molecular flexibility index (Phi) is 7.44. The van der Waals surface area contributed by atoms with Gasteiger partial charge in [0.2, 0.25) is 5.95 Å². The molecule has 42 heavy (non-hydrogen) atoms. The highest BCUT2D eigenvalue weighted by molar-refractivity contribution is 6.41. The lowest BCUT2D eigenvalue weighted by Gasteiger charge is -2.36. The van der Waals surface area contributed by atoms with Gasteiger partial charge in [0.15, 0.2) is 0 Å². The molecule has 3 aliphatic heterocycles. The second-order valence-electron chi connectivity index (χ2n) is 11.3. The fraction of sp³-hybridized carbons (Fsp3) is 0.333. The van der Waals surface area contributed by atoms with Crippen molar-refractivity contribution in [3.8, 4) is 0 Å². The Balaban J connectivity index is 1.17. The van der Waals surface area contributed by atoms with E-state index >= 15 is 4.39 Å². The van der Waals surface area contributed by atoms with Crippen molar-refractivity contribution >= 4 is 69.9 Å². The van der Waals surface area contributed by atoms with Crippen LogP contribution in [0.2, 0.25) is 10.0 Å². The number of hydrogen-bond acceptors (Lipinski definition) is 8. The number of piperazine rings is 1. The minimum atomic E-state index is -0.555. The zero-order valence-electron chi connectivity index (χ0n) is 23.5. The smallest absolute Gasteiger partial charge is 0.410 e. The standard InChI is InChI=1S/C30H30Cl2FN7O2/c1-30(2,3)42-29(41)39-12-10-38(11-13-39)25-7-5-20(16-24(25)33)36-28-35-17-18-14-22(21-6-4-19(31)15-23(21)32)27-34-8-9-40(27)26(18)37-28/h4-7,14-17H,8-13H2,1-3H3,(H,35,36,37). The number of hydrogen-bond donors (Lipinski definition) is 1. The number of ether oxygens (including phenoxy) is 1. The molecule has 12 heteroatoms. The van der Waals surface area contributed by atoms with Gasteiger partial charge in [-0.15, -0.1) is 0 Å². The Morgan fingerprint density at radius 2 is 1.83 bits per heavy atom. The van der Waals surface area contributed by atoms with Crippen LogP contribution >= 0.6 is 23.2 Å². The Labute approximate surface area is 253 Å². The van der Waals surface area contributed by atoms with Crippen molar-refractivity contribution in [2.45, 2.75) is 26.4 Å². The monoisotopic (exact) mass is 609 g/mol. The summed E-state index contributed by atoms with van der Waals surface area (Å²) in [6, 6.07) is 10.4. The van der Waals surface area contributed by atoms with Crippen LogP contribution in [-0.4, -0.2) is 71.7 Å². The first kappa shape index (κ1) is 28.2. The van der Waals surface area contributed by atoms with Gasteiger partial charge in [0, 0.05) is 66.3 Å². The predicted octanol–water partition coefficient (Wildman–Crippen LogP) is 6.50. The number of amidine groups is 1. The zero-order chi connectivity index (χ0) is 29.6. The summed E-state index contributed by atoms with van der Waals surface area (Å²) in [6.45, 7) is 8.75. The fourth-order valence-electron chi connectivity index (χ4n) is 5.20. The highest BCUT2D eigenvalue weighted by atomic mass is 35.5. The summed E-state index contributed by atoms with van der Waals surface area (Å²) in [5.74, 6) is 1.49. The number of aliphatic imine (C=N–C) groups is 1. The van der Waals surface area contributed by atoms with E-state index in [-0.39, 0.29) is 11.9 Å². The van der Waals surface area contributed by atoms with Gasteiger partial charge in [0.05, 0.1) is 17.3 Å². The summed E-state index contributed by atoms with van der Waals surface area (Å²) in [7, 11) is 0. The maximum atomic E-state index is 15.2. The molecule has 1 saturated heterocycles. The van der Waals surface area contributed by atoms with Gasteiger partial charge >= 0.3 is 6.09 Å². The van der Waals surface area contributed by atoms with Crippen molar-refractivity contribution in [2.75, 3.05) is 54.4 Å². The number of anilines is 4. The van der Waals surface area contributed by atoms with E-state index in [1.54, 1.807) is 35.4 Å². The summed E-state index contributed by atoms with van der Waals surface area (Å²) in [5, 5.41) is 4.24. The van der Waals surface area contributed by atoms with E-state index in [0.717, 1.165) is 28.4 Å². The number of fused-ring (bicyclic) bond motifs is 3. The Bertz CT molecular complexity index is 1610. The largest absolute Gasteiger partial charge is 0.444 e. The molecule has 1 fully saturated rings. The molecule has 1 amide bonds. The van der Waals surface area contributed by atoms with E-state index in [0.29, 0.717) is 66.6 Å². The van der Waals surface area contributed by atoms with Crippen LogP contribution in [-0.2, 0) is 4.74 Å². The lowest BCUT2D eigenvalue weighted by molar-refractivity contribution is 0.0240. The summed E-state index contributed by atoms with van der Waals surface area (Å²) < 4.78 is 20.7. The Hall–Kier alpha value is -3.89. The second-order valence-corrected chi connectivity index (χ2v) is 12.1. The highest BCUT2D eigenvalue weighted by Gasteiger charge is 2.31. The maximum absolute atomic E-state index is 15.2. The number of aromatic nitrogens is 2. The third-order valence-electron chi connectivity index (χ3n) is 7.13. The van der Waals surface area contributed by atoms with Crippen molar-refractivity contribution in [2.24, 2.45) is 4.99 Å². The van der Waals surface area contributed by atoms with Gasteiger partial charge in [-0.05, 0) is 57.2 Å². The molecular weight excluding hydrogens is 580 g/mol. The SMILES string of the molecule is CC(C)(C)OC(=O)N1CCN(c2ccc(Nc3ncc4c(n3)N3CCN=C3C(c3ccc(Cl)cc3Cl)=C4)cc2F)CC1. The van der Waals surface area contributed by atoms with Crippen LogP contribution in [0.5, 0.6) is 0 Å². The van der Waals surface area contributed by atoms with Gasteiger partial charge in [0.25, 0.3) is 0 Å². The van der Waals surface area contributed by atoms with Crippen LogP contribution in [0.15, 0.2) is 47.6 Å². The molecule has 0 unspecified atom stereocenters. The molecule has 0 bridgehead atoms. The van der Waals surface area contributed by atoms with Gasteiger partial charge in [-0.3, -0.25) is 4.99 Å². The van der Waals surface area contributed by atoms with E-state index in [1.807, 2.05) is 42.7 Å². The van der Waals surface area contributed by atoms with Gasteiger partial charge in [-0.25, -0.2) is 14.2 Å². The van der Waals surface area contributed by atoms with Crippen LogP contribution in [0.3, 0.4) is 0 Å². The summed E-state index contributed by atoms with van der Waals surface area (Å²) in [5.41, 5.74) is 3.00. The molecule has 9 nitrogen and oxygen atoms in total. The van der Waals surface area contributed by atoms with Crippen molar-refractivity contribution in [1.29, 1.82) is 0 Å². The molecule has 0 radical (unpaired) electrons. The van der Waals surface area contributed by atoms with Crippen molar-refractivity contribution < 1.29 is 13.9 Å². The van der Waals surface area contributed by atoms with Crippen LogP contribution < -0.4 is 15.1 Å². The summed E-state index contributed by atoms with van der Waals surface area (Å²) >= 11 is 12.6.